The summed E-state index contributed by atoms with van der Waals surface area (Å²) in [4.78, 5) is 4.38. The second-order valence-corrected chi connectivity index (χ2v) is 6.59. The highest BCUT2D eigenvalue weighted by molar-refractivity contribution is 9.10. The highest BCUT2D eigenvalue weighted by atomic mass is 79.9. The van der Waals surface area contributed by atoms with Gasteiger partial charge in [0.2, 0.25) is 0 Å². The summed E-state index contributed by atoms with van der Waals surface area (Å²) in [5.74, 6) is 1.65. The third-order valence-corrected chi connectivity index (χ3v) is 4.53. The summed E-state index contributed by atoms with van der Waals surface area (Å²) in [6, 6.07) is 5.32. The van der Waals surface area contributed by atoms with Crippen LogP contribution in [0.15, 0.2) is 27.2 Å². The predicted octanol–water partition coefficient (Wildman–Crippen LogP) is 3.96. The molecule has 7 heteroatoms. The molecule has 2 aromatic rings. The predicted molar refractivity (Wildman–Crippen MR) is 82.2 cm³/mol. The van der Waals surface area contributed by atoms with E-state index < -0.39 is 5.54 Å². The Bertz CT molecular complexity index is 657. The van der Waals surface area contributed by atoms with Gasteiger partial charge in [0.05, 0.1) is 10.0 Å². The molecule has 2 N–H and O–H groups in total. The van der Waals surface area contributed by atoms with Crippen molar-refractivity contribution in [3.05, 3.63) is 39.4 Å². The van der Waals surface area contributed by atoms with Crippen molar-refractivity contribution < 1.29 is 9.26 Å². The molecule has 0 saturated heterocycles. The Morgan fingerprint density at radius 2 is 2.24 bits per heavy atom. The number of ether oxygens (including phenoxy) is 1. The molecule has 1 fully saturated rings. The Hall–Kier alpha value is -1.11. The molecule has 1 aliphatic rings. The SMILES string of the molecule is CC(Oc1ccc(Cl)cc1Br)c1nc(C2(N)CCC2)no1. The number of benzene rings is 1. The fourth-order valence-electron chi connectivity index (χ4n) is 2.20. The third kappa shape index (κ3) is 2.93. The molecule has 1 saturated carbocycles. The average molecular weight is 373 g/mol. The molecular weight excluding hydrogens is 358 g/mol. The van der Waals surface area contributed by atoms with Crippen molar-refractivity contribution >= 4 is 27.5 Å². The van der Waals surface area contributed by atoms with Gasteiger partial charge in [-0.15, -0.1) is 0 Å². The van der Waals surface area contributed by atoms with Gasteiger partial charge in [0.1, 0.15) is 5.75 Å². The molecule has 1 unspecified atom stereocenters. The van der Waals surface area contributed by atoms with Crippen molar-refractivity contribution in [2.24, 2.45) is 5.73 Å². The fourth-order valence-corrected chi connectivity index (χ4v) is 2.97. The highest BCUT2D eigenvalue weighted by Gasteiger charge is 2.39. The average Bonchev–Trinajstić information content (AvgIpc) is 2.89. The first-order chi connectivity index (χ1) is 9.98. The molecule has 1 heterocycles. The number of nitrogens with two attached hydrogens (primary N) is 1. The van der Waals surface area contributed by atoms with E-state index in [0.717, 1.165) is 23.7 Å². The summed E-state index contributed by atoms with van der Waals surface area (Å²) in [6.45, 7) is 1.85. The van der Waals surface area contributed by atoms with E-state index in [4.69, 9.17) is 26.6 Å². The van der Waals surface area contributed by atoms with Crippen molar-refractivity contribution in [3.63, 3.8) is 0 Å². The molecule has 0 spiro atoms. The Labute approximate surface area is 135 Å². The first-order valence-electron chi connectivity index (χ1n) is 6.73. The molecule has 0 radical (unpaired) electrons. The fraction of sp³-hybridized carbons (Fsp3) is 0.429. The van der Waals surface area contributed by atoms with E-state index in [9.17, 15) is 0 Å². The molecule has 0 aliphatic heterocycles. The molecule has 1 aliphatic carbocycles. The lowest BCUT2D eigenvalue weighted by Crippen LogP contribution is -2.44. The summed E-state index contributed by atoms with van der Waals surface area (Å²) in [5.41, 5.74) is 5.75. The maximum atomic E-state index is 6.18. The van der Waals surface area contributed by atoms with Crippen LogP contribution >= 0.6 is 27.5 Å². The molecule has 1 aromatic heterocycles. The Kier molecular flexibility index (Phi) is 3.94. The van der Waals surface area contributed by atoms with Gasteiger partial charge >= 0.3 is 0 Å². The molecule has 1 aromatic carbocycles. The summed E-state index contributed by atoms with van der Waals surface area (Å²) < 4.78 is 11.9. The monoisotopic (exact) mass is 371 g/mol. The molecule has 0 amide bonds. The molecule has 5 nitrogen and oxygen atoms in total. The van der Waals surface area contributed by atoms with Crippen LogP contribution in [0.5, 0.6) is 5.75 Å². The summed E-state index contributed by atoms with van der Waals surface area (Å²) in [6.07, 6.45) is 2.52. The Morgan fingerprint density at radius 1 is 1.48 bits per heavy atom. The van der Waals surface area contributed by atoms with Crippen LogP contribution in [0, 0.1) is 0 Å². The van der Waals surface area contributed by atoms with Gasteiger partial charge in [-0.3, -0.25) is 0 Å². The minimum absolute atomic E-state index is 0.368. The zero-order valence-corrected chi connectivity index (χ0v) is 13.8. The van der Waals surface area contributed by atoms with Gasteiger partial charge in [-0.1, -0.05) is 16.8 Å². The van der Waals surface area contributed by atoms with Crippen molar-refractivity contribution in [2.45, 2.75) is 37.8 Å². The Balaban J connectivity index is 1.74. The molecule has 112 valence electrons. The third-order valence-electron chi connectivity index (χ3n) is 3.68. The first kappa shape index (κ1) is 14.8. The van der Waals surface area contributed by atoms with E-state index in [1.165, 1.54) is 0 Å². The zero-order chi connectivity index (χ0) is 15.0. The van der Waals surface area contributed by atoms with Crippen LogP contribution in [0.2, 0.25) is 5.02 Å². The largest absolute Gasteiger partial charge is 0.480 e. The number of hydrogen-bond acceptors (Lipinski definition) is 5. The summed E-state index contributed by atoms with van der Waals surface area (Å²) in [7, 11) is 0. The number of hydrogen-bond donors (Lipinski definition) is 1. The van der Waals surface area contributed by atoms with Crippen LogP contribution in [-0.2, 0) is 5.54 Å². The molecular formula is C14H15BrClN3O2. The van der Waals surface area contributed by atoms with Gasteiger partial charge in [0.25, 0.3) is 5.89 Å². The van der Waals surface area contributed by atoms with Gasteiger partial charge < -0.3 is 15.0 Å². The number of halogens is 2. The smallest absolute Gasteiger partial charge is 0.267 e. The maximum Gasteiger partial charge on any atom is 0.267 e. The molecule has 0 bridgehead atoms. The van der Waals surface area contributed by atoms with Crippen molar-refractivity contribution in [1.82, 2.24) is 10.1 Å². The van der Waals surface area contributed by atoms with Gasteiger partial charge in [-0.05, 0) is 60.3 Å². The van der Waals surface area contributed by atoms with Crippen molar-refractivity contribution in [1.29, 1.82) is 0 Å². The van der Waals surface area contributed by atoms with E-state index in [0.29, 0.717) is 22.5 Å². The second kappa shape index (κ2) is 5.59. The van der Waals surface area contributed by atoms with Gasteiger partial charge in [-0.2, -0.15) is 4.98 Å². The Morgan fingerprint density at radius 3 is 2.86 bits per heavy atom. The quantitative estimate of drug-likeness (QED) is 0.879. The van der Waals surface area contributed by atoms with Crippen LogP contribution in [0.4, 0.5) is 0 Å². The van der Waals surface area contributed by atoms with Crippen LogP contribution < -0.4 is 10.5 Å². The topological polar surface area (TPSA) is 74.2 Å². The van der Waals surface area contributed by atoms with E-state index in [1.54, 1.807) is 18.2 Å². The van der Waals surface area contributed by atoms with Gasteiger partial charge in [0.15, 0.2) is 11.9 Å². The van der Waals surface area contributed by atoms with E-state index in [2.05, 4.69) is 26.1 Å². The molecule has 21 heavy (non-hydrogen) atoms. The lowest BCUT2D eigenvalue weighted by atomic mass is 9.77. The molecule has 3 rings (SSSR count). The normalized spacial score (nSPS) is 18.1. The first-order valence-corrected chi connectivity index (χ1v) is 7.90. The lowest BCUT2D eigenvalue weighted by molar-refractivity contribution is 0.173. The lowest BCUT2D eigenvalue weighted by Gasteiger charge is -2.34. The number of rotatable bonds is 4. The van der Waals surface area contributed by atoms with E-state index in [1.807, 2.05) is 6.92 Å². The maximum absolute atomic E-state index is 6.18. The standard InChI is InChI=1S/C14H15BrClN3O2/c1-8(20-11-4-3-9(16)7-10(11)15)12-18-13(19-21-12)14(17)5-2-6-14/h3-4,7-8H,2,5-6,17H2,1H3. The molecule has 1 atom stereocenters. The number of nitrogens with zero attached hydrogens (tertiary/aromatic N) is 2. The van der Waals surface area contributed by atoms with E-state index in [-0.39, 0.29) is 6.10 Å². The van der Waals surface area contributed by atoms with E-state index >= 15 is 0 Å². The summed E-state index contributed by atoms with van der Waals surface area (Å²) >= 11 is 9.32. The van der Waals surface area contributed by atoms with Crippen LogP contribution in [0.25, 0.3) is 0 Å². The van der Waals surface area contributed by atoms with Crippen LogP contribution in [-0.4, -0.2) is 10.1 Å². The minimum Gasteiger partial charge on any atom is -0.480 e. The van der Waals surface area contributed by atoms with Gasteiger partial charge in [-0.25, -0.2) is 0 Å². The van der Waals surface area contributed by atoms with Crippen molar-refractivity contribution in [2.75, 3.05) is 0 Å². The summed E-state index contributed by atoms with van der Waals surface area (Å²) in [5, 5.41) is 4.62. The van der Waals surface area contributed by atoms with Crippen LogP contribution in [0.1, 0.15) is 44.0 Å². The van der Waals surface area contributed by atoms with Gasteiger partial charge in [0, 0.05) is 5.02 Å². The zero-order valence-electron chi connectivity index (χ0n) is 11.5. The van der Waals surface area contributed by atoms with Crippen molar-refractivity contribution in [3.8, 4) is 5.75 Å². The highest BCUT2D eigenvalue weighted by Crippen LogP contribution is 2.37. The second-order valence-electron chi connectivity index (χ2n) is 5.30. The minimum atomic E-state index is -0.428. The van der Waals surface area contributed by atoms with Crippen LogP contribution in [0.3, 0.4) is 0 Å². The number of aromatic nitrogens is 2.